The molecular formula is C15H25N5OS. The Bertz CT molecular complexity index is 522. The number of amides is 1. The summed E-state index contributed by atoms with van der Waals surface area (Å²) in [4.78, 5) is 20.6. The number of aromatic nitrogens is 1. The Morgan fingerprint density at radius 3 is 2.82 bits per heavy atom. The van der Waals surface area contributed by atoms with Crippen LogP contribution in [0, 0.1) is 0 Å². The van der Waals surface area contributed by atoms with Crippen molar-refractivity contribution in [1.29, 1.82) is 0 Å². The number of guanidine groups is 1. The van der Waals surface area contributed by atoms with Crippen molar-refractivity contribution in [1.82, 2.24) is 20.9 Å². The fraction of sp³-hybridized carbons (Fsp3) is 0.667. The van der Waals surface area contributed by atoms with E-state index in [0.29, 0.717) is 24.5 Å². The monoisotopic (exact) mass is 323 g/mol. The van der Waals surface area contributed by atoms with Crippen molar-refractivity contribution >= 4 is 23.2 Å². The first kappa shape index (κ1) is 16.7. The van der Waals surface area contributed by atoms with Crippen molar-refractivity contribution in [3.63, 3.8) is 0 Å². The van der Waals surface area contributed by atoms with Crippen molar-refractivity contribution in [2.45, 2.75) is 52.1 Å². The number of aliphatic imine (C=N–C) groups is 1. The Hall–Kier alpha value is -1.63. The van der Waals surface area contributed by atoms with E-state index in [1.165, 1.54) is 0 Å². The third kappa shape index (κ3) is 5.63. The summed E-state index contributed by atoms with van der Waals surface area (Å²) in [5.41, 5.74) is 1.12. The van der Waals surface area contributed by atoms with Crippen molar-refractivity contribution < 1.29 is 4.79 Å². The van der Waals surface area contributed by atoms with E-state index in [1.807, 2.05) is 6.92 Å². The molecule has 0 unspecified atom stereocenters. The second-order valence-electron chi connectivity index (χ2n) is 5.71. The average Bonchev–Trinajstić information content (AvgIpc) is 3.15. The molecule has 6 nitrogen and oxygen atoms in total. The van der Waals surface area contributed by atoms with Gasteiger partial charge in [-0.15, -0.1) is 11.3 Å². The van der Waals surface area contributed by atoms with Gasteiger partial charge in [0, 0.05) is 18.0 Å². The van der Waals surface area contributed by atoms with Crippen LogP contribution >= 0.6 is 11.3 Å². The smallest absolute Gasteiger partial charge is 0.242 e. The first-order valence-electron chi connectivity index (χ1n) is 7.84. The van der Waals surface area contributed by atoms with E-state index >= 15 is 0 Å². The van der Waals surface area contributed by atoms with Crippen LogP contribution in [0.15, 0.2) is 10.4 Å². The third-order valence-corrected chi connectivity index (χ3v) is 4.10. The fourth-order valence-electron chi connectivity index (χ4n) is 1.82. The van der Waals surface area contributed by atoms with Crippen molar-refractivity contribution in [3.8, 4) is 0 Å². The van der Waals surface area contributed by atoms with Gasteiger partial charge < -0.3 is 16.0 Å². The number of hydrogen-bond donors (Lipinski definition) is 3. The van der Waals surface area contributed by atoms with Crippen LogP contribution in [0.25, 0.3) is 0 Å². The molecule has 7 heteroatoms. The molecule has 1 aliphatic carbocycles. The molecule has 122 valence electrons. The topological polar surface area (TPSA) is 78.4 Å². The minimum absolute atomic E-state index is 0.0176. The summed E-state index contributed by atoms with van der Waals surface area (Å²) in [6.45, 7) is 7.80. The second kappa shape index (κ2) is 8.12. The van der Waals surface area contributed by atoms with Gasteiger partial charge in [0.1, 0.15) is 11.6 Å². The third-order valence-electron chi connectivity index (χ3n) is 3.24. The van der Waals surface area contributed by atoms with Gasteiger partial charge in [0.15, 0.2) is 5.96 Å². The summed E-state index contributed by atoms with van der Waals surface area (Å²) in [5.74, 6) is 1.07. The van der Waals surface area contributed by atoms with Gasteiger partial charge in [-0.3, -0.25) is 4.79 Å². The van der Waals surface area contributed by atoms with Crippen LogP contribution < -0.4 is 16.0 Å². The minimum atomic E-state index is -0.0176. The minimum Gasteiger partial charge on any atom is -0.357 e. The zero-order valence-corrected chi connectivity index (χ0v) is 14.3. The Balaban J connectivity index is 1.82. The number of carbonyl (C=O) groups is 1. The van der Waals surface area contributed by atoms with E-state index in [0.717, 1.165) is 30.1 Å². The van der Waals surface area contributed by atoms with Gasteiger partial charge >= 0.3 is 0 Å². The molecule has 1 fully saturated rings. The molecule has 1 heterocycles. The van der Waals surface area contributed by atoms with Gasteiger partial charge in [-0.25, -0.2) is 9.98 Å². The first-order valence-corrected chi connectivity index (χ1v) is 8.72. The summed E-state index contributed by atoms with van der Waals surface area (Å²) in [7, 11) is 0. The summed E-state index contributed by atoms with van der Waals surface area (Å²) >= 11 is 1.64. The van der Waals surface area contributed by atoms with Crippen LogP contribution in [0.4, 0.5) is 0 Å². The van der Waals surface area contributed by atoms with Crippen LogP contribution in [-0.4, -0.2) is 36.0 Å². The van der Waals surface area contributed by atoms with E-state index in [2.05, 4.69) is 45.2 Å². The van der Waals surface area contributed by atoms with E-state index < -0.39 is 0 Å². The Morgan fingerprint density at radius 1 is 1.45 bits per heavy atom. The number of thiazole rings is 1. The fourth-order valence-corrected chi connectivity index (χ4v) is 2.72. The number of nitrogens with zero attached hydrogens (tertiary/aromatic N) is 2. The molecule has 0 saturated heterocycles. The number of nitrogens with one attached hydrogen (secondary N) is 3. The lowest BCUT2D eigenvalue weighted by atomic mass is 10.2. The van der Waals surface area contributed by atoms with Crippen molar-refractivity contribution in [3.05, 3.63) is 16.1 Å². The van der Waals surface area contributed by atoms with E-state index in [9.17, 15) is 4.79 Å². The van der Waals surface area contributed by atoms with E-state index in [-0.39, 0.29) is 12.5 Å². The van der Waals surface area contributed by atoms with Gasteiger partial charge in [0.25, 0.3) is 0 Å². The normalized spacial score (nSPS) is 15.0. The molecular weight excluding hydrogens is 298 g/mol. The summed E-state index contributed by atoms with van der Waals surface area (Å²) in [5, 5.41) is 12.4. The van der Waals surface area contributed by atoms with Crippen molar-refractivity contribution in [2.75, 3.05) is 13.1 Å². The predicted molar refractivity (Wildman–Crippen MR) is 90.2 cm³/mol. The van der Waals surface area contributed by atoms with Crippen LogP contribution in [0.3, 0.4) is 0 Å². The summed E-state index contributed by atoms with van der Waals surface area (Å²) < 4.78 is 0. The van der Waals surface area contributed by atoms with Gasteiger partial charge in [-0.2, -0.15) is 0 Å². The van der Waals surface area contributed by atoms with E-state index in [4.69, 9.17) is 0 Å². The SMILES string of the molecule is CCNC(=NCC(=O)NC1CC1)NCc1nc(C(C)C)cs1. The summed E-state index contributed by atoms with van der Waals surface area (Å²) in [6.07, 6.45) is 2.19. The molecule has 22 heavy (non-hydrogen) atoms. The lowest BCUT2D eigenvalue weighted by Crippen LogP contribution is -2.38. The Kier molecular flexibility index (Phi) is 6.18. The highest BCUT2D eigenvalue weighted by atomic mass is 32.1. The molecule has 2 rings (SSSR count). The number of rotatable bonds is 7. The standard InChI is InChI=1S/C15H25N5OS/c1-4-16-15(17-7-13(21)19-11-5-6-11)18-8-14-20-12(9-22-14)10(2)3/h9-11H,4-8H2,1-3H3,(H,19,21)(H2,16,17,18). The molecule has 3 N–H and O–H groups in total. The molecule has 1 saturated carbocycles. The molecule has 1 aromatic rings. The molecule has 0 radical (unpaired) electrons. The van der Waals surface area contributed by atoms with Crippen molar-refractivity contribution in [2.24, 2.45) is 4.99 Å². The lowest BCUT2D eigenvalue weighted by Gasteiger charge is -2.10. The predicted octanol–water partition coefficient (Wildman–Crippen LogP) is 1.60. The summed E-state index contributed by atoms with van der Waals surface area (Å²) in [6, 6.07) is 0.378. The zero-order chi connectivity index (χ0) is 15.9. The molecule has 0 spiro atoms. The Labute approximate surface area is 135 Å². The molecule has 0 bridgehead atoms. The average molecular weight is 323 g/mol. The molecule has 1 aliphatic rings. The highest BCUT2D eigenvalue weighted by Crippen LogP contribution is 2.18. The van der Waals surface area contributed by atoms with Gasteiger partial charge in [0.2, 0.25) is 5.91 Å². The van der Waals surface area contributed by atoms with Crippen LogP contribution in [0.1, 0.15) is 50.2 Å². The maximum Gasteiger partial charge on any atom is 0.242 e. The maximum atomic E-state index is 11.7. The van der Waals surface area contributed by atoms with Crippen LogP contribution in [0.5, 0.6) is 0 Å². The number of carbonyl (C=O) groups excluding carboxylic acids is 1. The molecule has 0 atom stereocenters. The highest BCUT2D eigenvalue weighted by Gasteiger charge is 2.22. The molecule has 0 aliphatic heterocycles. The second-order valence-corrected chi connectivity index (χ2v) is 6.65. The van der Waals surface area contributed by atoms with Gasteiger partial charge in [-0.1, -0.05) is 13.8 Å². The van der Waals surface area contributed by atoms with E-state index in [1.54, 1.807) is 11.3 Å². The quantitative estimate of drug-likeness (QED) is 0.526. The lowest BCUT2D eigenvalue weighted by molar-refractivity contribution is -0.119. The number of hydrogen-bond acceptors (Lipinski definition) is 4. The highest BCUT2D eigenvalue weighted by molar-refractivity contribution is 7.09. The van der Waals surface area contributed by atoms with Crippen LogP contribution in [-0.2, 0) is 11.3 Å². The Morgan fingerprint density at radius 2 is 2.23 bits per heavy atom. The molecule has 1 amide bonds. The van der Waals surface area contributed by atoms with Gasteiger partial charge in [-0.05, 0) is 25.7 Å². The van der Waals surface area contributed by atoms with Gasteiger partial charge in [0.05, 0.1) is 12.2 Å². The van der Waals surface area contributed by atoms with Crippen LogP contribution in [0.2, 0.25) is 0 Å². The maximum absolute atomic E-state index is 11.7. The largest absolute Gasteiger partial charge is 0.357 e. The molecule has 0 aromatic carbocycles. The first-order chi connectivity index (χ1) is 10.6. The molecule has 1 aromatic heterocycles. The zero-order valence-electron chi connectivity index (χ0n) is 13.5.